The predicted molar refractivity (Wildman–Crippen MR) is 120 cm³/mol. The minimum Gasteiger partial charge on any atom is -0.391 e. The Labute approximate surface area is 189 Å². The molecule has 32 heavy (non-hydrogen) atoms. The first-order chi connectivity index (χ1) is 15.2. The summed E-state index contributed by atoms with van der Waals surface area (Å²) in [7, 11) is 0. The normalized spacial score (nSPS) is 16.7. The first-order valence-electron chi connectivity index (χ1n) is 10.5. The molecule has 0 spiro atoms. The lowest BCUT2D eigenvalue weighted by atomic mass is 10.0. The van der Waals surface area contributed by atoms with Crippen molar-refractivity contribution in [1.29, 1.82) is 0 Å². The molecule has 2 heterocycles. The van der Waals surface area contributed by atoms with E-state index in [1.54, 1.807) is 12.1 Å². The molecule has 0 radical (unpaired) electrons. The van der Waals surface area contributed by atoms with Crippen molar-refractivity contribution < 1.29 is 18.3 Å². The highest BCUT2D eigenvalue weighted by molar-refractivity contribution is 7.99. The second-order valence-corrected chi connectivity index (χ2v) is 9.24. The molecule has 0 saturated carbocycles. The maximum absolute atomic E-state index is 14.0. The standard InChI is InChI=1S/C24H24F3N3OS/c1-15(2)18-5-3-4-6-21(18)32-22-8-7-16(11-19(22)24(25,26)27)20-12-23(29-14-28-20)30-10-9-17(31)13-30/h3-8,11-12,14-15,17,31H,9-10,13H2,1-2H3. The zero-order valence-electron chi connectivity index (χ0n) is 17.8. The number of anilines is 1. The van der Waals surface area contributed by atoms with Gasteiger partial charge in [0.15, 0.2) is 0 Å². The zero-order valence-corrected chi connectivity index (χ0v) is 18.6. The molecule has 1 aliphatic heterocycles. The zero-order chi connectivity index (χ0) is 22.9. The number of benzene rings is 2. The van der Waals surface area contributed by atoms with Crippen LogP contribution < -0.4 is 4.90 Å². The van der Waals surface area contributed by atoms with Gasteiger partial charge < -0.3 is 10.0 Å². The van der Waals surface area contributed by atoms with Gasteiger partial charge >= 0.3 is 6.18 Å². The van der Waals surface area contributed by atoms with E-state index in [2.05, 4.69) is 9.97 Å². The molecule has 1 saturated heterocycles. The summed E-state index contributed by atoms with van der Waals surface area (Å²) in [6.45, 7) is 5.16. The van der Waals surface area contributed by atoms with Crippen molar-refractivity contribution in [2.24, 2.45) is 0 Å². The highest BCUT2D eigenvalue weighted by Crippen LogP contribution is 2.43. The van der Waals surface area contributed by atoms with Gasteiger partial charge in [0.2, 0.25) is 0 Å². The van der Waals surface area contributed by atoms with Crippen LogP contribution in [0.5, 0.6) is 0 Å². The quantitative estimate of drug-likeness (QED) is 0.507. The van der Waals surface area contributed by atoms with Crippen molar-refractivity contribution in [3.05, 3.63) is 66.0 Å². The molecule has 3 aromatic rings. The molecule has 1 aliphatic rings. The fourth-order valence-electron chi connectivity index (χ4n) is 3.80. The third-order valence-corrected chi connectivity index (χ3v) is 6.65. The van der Waals surface area contributed by atoms with Gasteiger partial charge in [-0.3, -0.25) is 0 Å². The smallest absolute Gasteiger partial charge is 0.391 e. The summed E-state index contributed by atoms with van der Waals surface area (Å²) in [5, 5.41) is 9.77. The number of alkyl halides is 3. The minimum absolute atomic E-state index is 0.159. The number of aromatic nitrogens is 2. The Hall–Kier alpha value is -2.58. The molecule has 1 atom stereocenters. The monoisotopic (exact) mass is 459 g/mol. The van der Waals surface area contributed by atoms with E-state index >= 15 is 0 Å². The topological polar surface area (TPSA) is 49.2 Å². The summed E-state index contributed by atoms with van der Waals surface area (Å²) >= 11 is 1.13. The van der Waals surface area contributed by atoms with Crippen molar-refractivity contribution in [3.63, 3.8) is 0 Å². The second kappa shape index (κ2) is 9.11. The molecular formula is C24H24F3N3OS. The summed E-state index contributed by atoms with van der Waals surface area (Å²) in [6, 6.07) is 13.6. The molecule has 4 rings (SSSR count). The van der Waals surface area contributed by atoms with Crippen LogP contribution in [0.1, 0.15) is 37.3 Å². The summed E-state index contributed by atoms with van der Waals surface area (Å²) in [6.07, 6.45) is -2.93. The number of aliphatic hydroxyl groups excluding tert-OH is 1. The fraction of sp³-hybridized carbons (Fsp3) is 0.333. The number of nitrogens with zero attached hydrogens (tertiary/aromatic N) is 3. The number of halogens is 3. The van der Waals surface area contributed by atoms with Crippen LogP contribution >= 0.6 is 11.8 Å². The van der Waals surface area contributed by atoms with Crippen molar-refractivity contribution in [2.75, 3.05) is 18.0 Å². The van der Waals surface area contributed by atoms with Crippen LogP contribution in [0.4, 0.5) is 19.0 Å². The maximum Gasteiger partial charge on any atom is 0.417 e. The number of rotatable bonds is 5. The molecule has 1 unspecified atom stereocenters. The molecule has 8 heteroatoms. The molecular weight excluding hydrogens is 435 g/mol. The Morgan fingerprint density at radius 1 is 1.06 bits per heavy atom. The lowest BCUT2D eigenvalue weighted by molar-refractivity contribution is -0.139. The lowest BCUT2D eigenvalue weighted by Crippen LogP contribution is -2.22. The van der Waals surface area contributed by atoms with E-state index in [-0.39, 0.29) is 10.8 Å². The number of hydrogen-bond donors (Lipinski definition) is 1. The highest BCUT2D eigenvalue weighted by atomic mass is 32.2. The summed E-state index contributed by atoms with van der Waals surface area (Å²) in [5.41, 5.74) is 1.13. The summed E-state index contributed by atoms with van der Waals surface area (Å²) in [5.74, 6) is 0.806. The van der Waals surface area contributed by atoms with Gasteiger partial charge in [-0.15, -0.1) is 0 Å². The molecule has 1 fully saturated rings. The predicted octanol–water partition coefficient (Wildman–Crippen LogP) is 6.01. The van der Waals surface area contributed by atoms with Gasteiger partial charge in [-0.2, -0.15) is 13.2 Å². The molecule has 0 aliphatic carbocycles. The van der Waals surface area contributed by atoms with E-state index < -0.39 is 17.8 Å². The Bertz CT molecular complexity index is 1100. The van der Waals surface area contributed by atoms with Gasteiger partial charge in [0.1, 0.15) is 12.1 Å². The first kappa shape index (κ1) is 22.6. The third kappa shape index (κ3) is 4.91. The van der Waals surface area contributed by atoms with Crippen molar-refractivity contribution in [3.8, 4) is 11.3 Å². The van der Waals surface area contributed by atoms with E-state index in [1.807, 2.05) is 43.0 Å². The Morgan fingerprint density at radius 2 is 1.84 bits per heavy atom. The Kier molecular flexibility index (Phi) is 6.44. The van der Waals surface area contributed by atoms with E-state index in [0.717, 1.165) is 28.3 Å². The average molecular weight is 460 g/mol. The number of β-amino-alcohol motifs (C(OH)–C–C–N with tert-alkyl or cyclic N) is 1. The van der Waals surface area contributed by atoms with Crippen molar-refractivity contribution >= 4 is 17.6 Å². The van der Waals surface area contributed by atoms with Gasteiger partial charge in [-0.05, 0) is 36.1 Å². The van der Waals surface area contributed by atoms with Gasteiger partial charge in [-0.25, -0.2) is 9.97 Å². The van der Waals surface area contributed by atoms with Crippen LogP contribution in [0.15, 0.2) is 64.6 Å². The summed E-state index contributed by atoms with van der Waals surface area (Å²) in [4.78, 5) is 11.3. The first-order valence-corrected chi connectivity index (χ1v) is 11.3. The molecule has 0 bridgehead atoms. The molecule has 4 nitrogen and oxygen atoms in total. The van der Waals surface area contributed by atoms with Crippen LogP contribution in [0.25, 0.3) is 11.3 Å². The van der Waals surface area contributed by atoms with E-state index in [4.69, 9.17) is 0 Å². The van der Waals surface area contributed by atoms with Crippen molar-refractivity contribution in [2.45, 2.75) is 48.3 Å². The van der Waals surface area contributed by atoms with Crippen LogP contribution in [0.3, 0.4) is 0 Å². The minimum atomic E-state index is -4.50. The van der Waals surface area contributed by atoms with Crippen LogP contribution in [-0.4, -0.2) is 34.3 Å². The average Bonchev–Trinajstić information content (AvgIpc) is 3.20. The SMILES string of the molecule is CC(C)c1ccccc1Sc1ccc(-c2cc(N3CCC(O)C3)ncn2)cc1C(F)(F)F. The maximum atomic E-state index is 14.0. The van der Waals surface area contributed by atoms with Gasteiger partial charge in [0.05, 0.1) is 17.4 Å². The second-order valence-electron chi connectivity index (χ2n) is 8.15. The van der Waals surface area contributed by atoms with Gasteiger partial charge in [0.25, 0.3) is 0 Å². The van der Waals surface area contributed by atoms with Gasteiger partial charge in [-0.1, -0.05) is 49.9 Å². The largest absolute Gasteiger partial charge is 0.417 e. The number of aliphatic hydroxyl groups is 1. The van der Waals surface area contributed by atoms with E-state index in [9.17, 15) is 18.3 Å². The van der Waals surface area contributed by atoms with Crippen LogP contribution in [0.2, 0.25) is 0 Å². The molecule has 1 aromatic heterocycles. The highest BCUT2D eigenvalue weighted by Gasteiger charge is 2.34. The van der Waals surface area contributed by atoms with Crippen LogP contribution in [-0.2, 0) is 6.18 Å². The van der Waals surface area contributed by atoms with E-state index in [1.165, 1.54) is 12.4 Å². The third-order valence-electron chi connectivity index (χ3n) is 5.48. The Balaban J connectivity index is 1.70. The summed E-state index contributed by atoms with van der Waals surface area (Å²) < 4.78 is 42.0. The van der Waals surface area contributed by atoms with Gasteiger partial charge in [0, 0.05) is 34.5 Å². The lowest BCUT2D eigenvalue weighted by Gasteiger charge is -2.18. The number of hydrogen-bond acceptors (Lipinski definition) is 5. The van der Waals surface area contributed by atoms with Crippen molar-refractivity contribution in [1.82, 2.24) is 9.97 Å². The van der Waals surface area contributed by atoms with Crippen LogP contribution in [0, 0.1) is 0 Å². The molecule has 168 valence electrons. The molecule has 1 N–H and O–H groups in total. The Morgan fingerprint density at radius 3 is 2.53 bits per heavy atom. The molecule has 0 amide bonds. The fourth-order valence-corrected chi connectivity index (χ4v) is 5.02. The van der Waals surface area contributed by atoms with E-state index in [0.29, 0.717) is 36.6 Å². The molecule has 2 aromatic carbocycles.